The van der Waals surface area contributed by atoms with Gasteiger partial charge in [0.15, 0.2) is 0 Å². The summed E-state index contributed by atoms with van der Waals surface area (Å²) in [5, 5.41) is 17.3. The molecule has 154 valence electrons. The van der Waals surface area contributed by atoms with Gasteiger partial charge in [0.05, 0.1) is 24.8 Å². The summed E-state index contributed by atoms with van der Waals surface area (Å²) >= 11 is 14.1. The number of aryl methyl sites for hydroxylation is 2. The summed E-state index contributed by atoms with van der Waals surface area (Å²) in [6.45, 7) is 0.0151. The standard InChI is InChI=1S/C20H17Cl2N5O2S/c21-12-4-5-14(15(22)6-12)20(29,8-27-10-23-9-25-27)7-26-11-24-18-17(19(26)28)13-2-1-3-16(13)30-18/h4-6,9-11,29H,1-3,7-8H2. The molecule has 1 N–H and O–H groups in total. The predicted octanol–water partition coefficient (Wildman–Crippen LogP) is 3.43. The summed E-state index contributed by atoms with van der Waals surface area (Å²) in [6.07, 6.45) is 7.33. The van der Waals surface area contributed by atoms with Gasteiger partial charge in [-0.2, -0.15) is 5.10 Å². The fourth-order valence-electron chi connectivity index (χ4n) is 4.08. The lowest BCUT2D eigenvalue weighted by atomic mass is 9.93. The molecule has 1 aromatic carbocycles. The van der Waals surface area contributed by atoms with Gasteiger partial charge in [0.25, 0.3) is 5.56 Å². The average molecular weight is 462 g/mol. The normalized spacial score (nSPS) is 15.4. The number of halogens is 2. The molecule has 10 heteroatoms. The second-order valence-corrected chi connectivity index (χ2v) is 9.39. The lowest BCUT2D eigenvalue weighted by Crippen LogP contribution is -2.40. The van der Waals surface area contributed by atoms with E-state index in [1.165, 1.54) is 33.1 Å². The van der Waals surface area contributed by atoms with Crippen molar-refractivity contribution < 1.29 is 5.11 Å². The number of rotatable bonds is 5. The fraction of sp³-hybridized carbons (Fsp3) is 0.300. The third kappa shape index (κ3) is 3.33. The molecule has 3 aromatic heterocycles. The molecule has 1 aliphatic carbocycles. The highest BCUT2D eigenvalue weighted by molar-refractivity contribution is 7.18. The van der Waals surface area contributed by atoms with Crippen molar-refractivity contribution in [2.24, 2.45) is 0 Å². The van der Waals surface area contributed by atoms with Crippen LogP contribution in [0.5, 0.6) is 0 Å². The van der Waals surface area contributed by atoms with Crippen molar-refractivity contribution in [3.63, 3.8) is 0 Å². The molecular formula is C20H17Cl2N5O2S. The van der Waals surface area contributed by atoms with Crippen LogP contribution in [0.4, 0.5) is 0 Å². The minimum atomic E-state index is -1.53. The van der Waals surface area contributed by atoms with E-state index in [1.54, 1.807) is 29.5 Å². The van der Waals surface area contributed by atoms with Crippen molar-refractivity contribution in [3.8, 4) is 0 Å². The van der Waals surface area contributed by atoms with Crippen LogP contribution in [0.1, 0.15) is 22.4 Å². The van der Waals surface area contributed by atoms with Crippen molar-refractivity contribution in [1.29, 1.82) is 0 Å². The van der Waals surface area contributed by atoms with Crippen molar-refractivity contribution in [2.45, 2.75) is 38.0 Å². The highest BCUT2D eigenvalue weighted by Gasteiger charge is 2.34. The van der Waals surface area contributed by atoms with E-state index in [1.807, 2.05) is 0 Å². The molecule has 3 heterocycles. The Kier molecular flexibility index (Phi) is 4.89. The minimum absolute atomic E-state index is 0.0411. The fourth-order valence-corrected chi connectivity index (χ4v) is 5.89. The van der Waals surface area contributed by atoms with Gasteiger partial charge in [0.1, 0.15) is 23.1 Å². The Bertz CT molecular complexity index is 1300. The molecule has 1 aliphatic rings. The average Bonchev–Trinajstić information content (AvgIpc) is 3.41. The van der Waals surface area contributed by atoms with E-state index in [0.717, 1.165) is 29.7 Å². The van der Waals surface area contributed by atoms with Crippen LogP contribution in [0.15, 0.2) is 42.0 Å². The van der Waals surface area contributed by atoms with Gasteiger partial charge in [0, 0.05) is 20.5 Å². The van der Waals surface area contributed by atoms with Crippen LogP contribution < -0.4 is 5.56 Å². The first-order valence-electron chi connectivity index (χ1n) is 9.45. The Morgan fingerprint density at radius 3 is 2.83 bits per heavy atom. The Morgan fingerprint density at radius 2 is 2.07 bits per heavy atom. The molecule has 1 unspecified atom stereocenters. The van der Waals surface area contributed by atoms with Gasteiger partial charge < -0.3 is 5.11 Å². The van der Waals surface area contributed by atoms with Gasteiger partial charge in [0.2, 0.25) is 0 Å². The highest BCUT2D eigenvalue weighted by Crippen LogP contribution is 2.36. The first-order valence-corrected chi connectivity index (χ1v) is 11.0. The van der Waals surface area contributed by atoms with Crippen LogP contribution >= 0.6 is 34.5 Å². The molecule has 0 saturated heterocycles. The van der Waals surface area contributed by atoms with Gasteiger partial charge in [-0.25, -0.2) is 14.6 Å². The number of hydrogen-bond donors (Lipinski definition) is 1. The number of fused-ring (bicyclic) bond motifs is 3. The molecule has 7 nitrogen and oxygen atoms in total. The maximum Gasteiger partial charge on any atom is 0.262 e. The van der Waals surface area contributed by atoms with E-state index in [9.17, 15) is 9.90 Å². The van der Waals surface area contributed by atoms with Crippen LogP contribution in [-0.4, -0.2) is 29.4 Å². The smallest absolute Gasteiger partial charge is 0.262 e. The second-order valence-electron chi connectivity index (χ2n) is 7.46. The summed E-state index contributed by atoms with van der Waals surface area (Å²) in [5.74, 6) is 0. The molecular weight excluding hydrogens is 445 g/mol. The van der Waals surface area contributed by atoms with Crippen molar-refractivity contribution in [3.05, 3.63) is 73.6 Å². The third-order valence-corrected chi connectivity index (χ3v) is 7.19. The van der Waals surface area contributed by atoms with Crippen LogP contribution in [0.25, 0.3) is 10.2 Å². The third-order valence-electron chi connectivity index (χ3n) is 5.45. The molecule has 0 aliphatic heterocycles. The van der Waals surface area contributed by atoms with Gasteiger partial charge >= 0.3 is 0 Å². The zero-order valence-electron chi connectivity index (χ0n) is 15.8. The van der Waals surface area contributed by atoms with E-state index in [0.29, 0.717) is 21.0 Å². The molecule has 4 aromatic rings. The Hall–Kier alpha value is -2.26. The second kappa shape index (κ2) is 7.46. The van der Waals surface area contributed by atoms with Crippen molar-refractivity contribution >= 4 is 44.8 Å². The maximum absolute atomic E-state index is 13.3. The van der Waals surface area contributed by atoms with Crippen LogP contribution in [0, 0.1) is 0 Å². The monoisotopic (exact) mass is 461 g/mol. The zero-order chi connectivity index (χ0) is 20.9. The van der Waals surface area contributed by atoms with E-state index < -0.39 is 5.60 Å². The Morgan fingerprint density at radius 1 is 1.20 bits per heavy atom. The van der Waals surface area contributed by atoms with E-state index >= 15 is 0 Å². The number of hydrogen-bond acceptors (Lipinski definition) is 6. The van der Waals surface area contributed by atoms with Gasteiger partial charge in [-0.05, 0) is 37.0 Å². The molecule has 0 saturated carbocycles. The molecule has 0 spiro atoms. The summed E-state index contributed by atoms with van der Waals surface area (Å²) < 4.78 is 2.96. The lowest BCUT2D eigenvalue weighted by molar-refractivity contribution is -0.00312. The summed E-state index contributed by atoms with van der Waals surface area (Å²) in [4.78, 5) is 23.8. The highest BCUT2D eigenvalue weighted by atomic mass is 35.5. The van der Waals surface area contributed by atoms with Crippen LogP contribution in [-0.2, 0) is 31.5 Å². The lowest BCUT2D eigenvalue weighted by Gasteiger charge is -2.30. The quantitative estimate of drug-likeness (QED) is 0.491. The molecule has 0 fully saturated rings. The minimum Gasteiger partial charge on any atom is -0.381 e. The van der Waals surface area contributed by atoms with Crippen LogP contribution in [0.3, 0.4) is 0 Å². The number of thiophene rings is 1. The SMILES string of the molecule is O=c1c2c3c(sc2ncn1CC(O)(Cn1cncn1)c1ccc(Cl)cc1Cl)CCC3. The first kappa shape index (κ1) is 19.7. The number of aromatic nitrogens is 5. The maximum atomic E-state index is 13.3. The number of nitrogens with zero attached hydrogens (tertiary/aromatic N) is 5. The molecule has 5 rings (SSSR count). The number of aliphatic hydroxyl groups is 1. The Balaban J connectivity index is 1.62. The summed E-state index contributed by atoms with van der Waals surface area (Å²) in [5.41, 5.74) is -0.132. The molecule has 0 bridgehead atoms. The molecule has 30 heavy (non-hydrogen) atoms. The number of benzene rings is 1. The zero-order valence-corrected chi connectivity index (χ0v) is 18.1. The van der Waals surface area contributed by atoms with Gasteiger partial charge in [-0.15, -0.1) is 11.3 Å². The summed E-state index contributed by atoms with van der Waals surface area (Å²) in [7, 11) is 0. The van der Waals surface area contributed by atoms with E-state index in [2.05, 4.69) is 15.1 Å². The van der Waals surface area contributed by atoms with Crippen molar-refractivity contribution in [2.75, 3.05) is 0 Å². The van der Waals surface area contributed by atoms with Crippen LogP contribution in [0.2, 0.25) is 10.0 Å². The first-order chi connectivity index (χ1) is 14.4. The Labute approximate surface area is 185 Å². The molecule has 1 atom stereocenters. The van der Waals surface area contributed by atoms with Gasteiger partial charge in [-0.1, -0.05) is 29.3 Å². The topological polar surface area (TPSA) is 85.8 Å². The molecule has 0 radical (unpaired) electrons. The van der Waals surface area contributed by atoms with Gasteiger partial charge in [-0.3, -0.25) is 9.36 Å². The van der Waals surface area contributed by atoms with E-state index in [4.69, 9.17) is 23.2 Å². The molecule has 0 amide bonds. The predicted molar refractivity (Wildman–Crippen MR) is 116 cm³/mol. The largest absolute Gasteiger partial charge is 0.381 e. The van der Waals surface area contributed by atoms with Crippen molar-refractivity contribution in [1.82, 2.24) is 24.3 Å². The summed E-state index contributed by atoms with van der Waals surface area (Å²) in [6, 6.07) is 4.90. The van der Waals surface area contributed by atoms with E-state index in [-0.39, 0.29) is 18.6 Å².